The van der Waals surface area contributed by atoms with Gasteiger partial charge in [-0.15, -0.1) is 0 Å². The van der Waals surface area contributed by atoms with Crippen molar-refractivity contribution in [2.45, 2.75) is 18.4 Å². The smallest absolute Gasteiger partial charge is 0.131 e. The molecule has 0 aliphatic carbocycles. The second-order valence-electron chi connectivity index (χ2n) is 9.37. The molecule has 8 nitrogen and oxygen atoms in total. The number of nitrogens with zero attached hydrogens (tertiary/aromatic N) is 2. The van der Waals surface area contributed by atoms with Crippen molar-refractivity contribution in [1.82, 2.24) is 4.98 Å². The second kappa shape index (κ2) is 8.90. The summed E-state index contributed by atoms with van der Waals surface area (Å²) in [6.07, 6.45) is 0. The van der Waals surface area contributed by atoms with Crippen LogP contribution >= 0.6 is 10.6 Å². The van der Waals surface area contributed by atoms with Crippen LogP contribution < -0.4 is 20.7 Å². The fourth-order valence-corrected chi connectivity index (χ4v) is 6.08. The van der Waals surface area contributed by atoms with Crippen molar-refractivity contribution in [3.63, 3.8) is 0 Å². The maximum atomic E-state index is 10.8. The summed E-state index contributed by atoms with van der Waals surface area (Å²) in [6, 6.07) is 13.7. The van der Waals surface area contributed by atoms with Crippen LogP contribution in [0.15, 0.2) is 47.4 Å². The Balaban J connectivity index is 1.53. The van der Waals surface area contributed by atoms with Crippen LogP contribution in [0.25, 0.3) is 10.9 Å². The molecular formula is C25H32N4O4S. The fourth-order valence-electron chi connectivity index (χ4n) is 4.55. The lowest BCUT2D eigenvalue weighted by Gasteiger charge is -2.40. The molecule has 2 aromatic carbocycles. The number of ether oxygens (including phenoxy) is 2. The molecule has 34 heavy (non-hydrogen) atoms. The second-order valence-corrected chi connectivity index (χ2v) is 11.5. The molecular weight excluding hydrogens is 452 g/mol. The highest BCUT2D eigenvalue weighted by Gasteiger charge is 2.37. The first kappa shape index (κ1) is 23.2. The SMILES string of the molecule is COc1ccc2c(c1)CN(c1cc(NCC3(CN)COC3)c3cc(C)ccc3n1)CCS2(O)O. The van der Waals surface area contributed by atoms with E-state index in [1.54, 1.807) is 19.2 Å². The molecule has 0 atom stereocenters. The Hall–Kier alpha value is -2.56. The molecule has 3 aromatic rings. The fraction of sp³-hybridized carbons (Fsp3) is 0.400. The van der Waals surface area contributed by atoms with E-state index in [0.717, 1.165) is 40.1 Å². The minimum atomic E-state index is -2.90. The van der Waals surface area contributed by atoms with E-state index in [1.165, 1.54) is 0 Å². The number of rotatable bonds is 6. The van der Waals surface area contributed by atoms with Gasteiger partial charge in [-0.3, -0.25) is 9.11 Å². The molecule has 1 aromatic heterocycles. The van der Waals surface area contributed by atoms with Crippen LogP contribution in [0.5, 0.6) is 5.75 Å². The van der Waals surface area contributed by atoms with Crippen LogP contribution in [-0.2, 0) is 11.3 Å². The highest BCUT2D eigenvalue weighted by Crippen LogP contribution is 2.52. The number of fused-ring (bicyclic) bond motifs is 2. The van der Waals surface area contributed by atoms with Crippen molar-refractivity contribution >= 4 is 33.0 Å². The molecule has 2 aliphatic heterocycles. The van der Waals surface area contributed by atoms with Crippen LogP contribution in [0.1, 0.15) is 11.1 Å². The molecule has 1 fully saturated rings. The Bertz CT molecular complexity index is 1210. The van der Waals surface area contributed by atoms with Gasteiger partial charge < -0.3 is 25.4 Å². The molecule has 0 saturated carbocycles. The Morgan fingerprint density at radius 1 is 1.21 bits per heavy atom. The van der Waals surface area contributed by atoms with Crippen LogP contribution in [0.3, 0.4) is 0 Å². The third-order valence-electron chi connectivity index (χ3n) is 6.80. The van der Waals surface area contributed by atoms with E-state index in [9.17, 15) is 9.11 Å². The summed E-state index contributed by atoms with van der Waals surface area (Å²) in [6.45, 7) is 5.66. The molecule has 0 spiro atoms. The number of methoxy groups -OCH3 is 1. The number of hydrogen-bond donors (Lipinski definition) is 4. The number of pyridine rings is 1. The monoisotopic (exact) mass is 484 g/mol. The predicted molar refractivity (Wildman–Crippen MR) is 137 cm³/mol. The maximum Gasteiger partial charge on any atom is 0.131 e. The first-order valence-electron chi connectivity index (χ1n) is 11.4. The van der Waals surface area contributed by atoms with Crippen LogP contribution in [-0.4, -0.2) is 59.8 Å². The summed E-state index contributed by atoms with van der Waals surface area (Å²) in [4.78, 5) is 7.65. The lowest BCUT2D eigenvalue weighted by Crippen LogP contribution is -2.52. The Labute approximate surface area is 201 Å². The molecule has 0 bridgehead atoms. The molecule has 182 valence electrons. The maximum absolute atomic E-state index is 10.8. The van der Waals surface area contributed by atoms with Crippen molar-refractivity contribution in [2.24, 2.45) is 11.1 Å². The average molecular weight is 485 g/mol. The summed E-state index contributed by atoms with van der Waals surface area (Å²) in [5.41, 5.74) is 9.87. The van der Waals surface area contributed by atoms with Gasteiger partial charge in [0.1, 0.15) is 11.6 Å². The molecule has 5 N–H and O–H groups in total. The van der Waals surface area contributed by atoms with Gasteiger partial charge >= 0.3 is 0 Å². The molecule has 0 radical (unpaired) electrons. The molecule has 3 heterocycles. The zero-order valence-corrected chi connectivity index (χ0v) is 20.4. The van der Waals surface area contributed by atoms with E-state index >= 15 is 0 Å². The summed E-state index contributed by atoms with van der Waals surface area (Å²) >= 11 is 0. The third kappa shape index (κ3) is 4.30. The molecule has 1 saturated heterocycles. The van der Waals surface area contributed by atoms with E-state index in [4.69, 9.17) is 20.2 Å². The minimum Gasteiger partial charge on any atom is -0.497 e. The van der Waals surface area contributed by atoms with Crippen molar-refractivity contribution in [2.75, 3.05) is 55.9 Å². The summed E-state index contributed by atoms with van der Waals surface area (Å²) < 4.78 is 32.5. The third-order valence-corrected chi connectivity index (χ3v) is 8.66. The summed E-state index contributed by atoms with van der Waals surface area (Å²) in [5, 5.41) is 4.67. The number of aromatic nitrogens is 1. The van der Waals surface area contributed by atoms with Gasteiger partial charge in [0, 0.05) is 48.7 Å². The van der Waals surface area contributed by atoms with Gasteiger partial charge in [-0.25, -0.2) is 4.98 Å². The Kier molecular flexibility index (Phi) is 6.07. The van der Waals surface area contributed by atoms with Crippen molar-refractivity contribution in [1.29, 1.82) is 0 Å². The normalized spacial score (nSPS) is 19.6. The number of anilines is 2. The summed E-state index contributed by atoms with van der Waals surface area (Å²) in [5.74, 6) is 1.72. The largest absolute Gasteiger partial charge is 0.497 e. The van der Waals surface area contributed by atoms with Gasteiger partial charge in [0.2, 0.25) is 0 Å². The number of nitrogens with two attached hydrogens (primary N) is 1. The topological polar surface area (TPSA) is 113 Å². The average Bonchev–Trinajstić information content (AvgIpc) is 2.94. The highest BCUT2D eigenvalue weighted by molar-refractivity contribution is 8.24. The van der Waals surface area contributed by atoms with Gasteiger partial charge in [-0.1, -0.05) is 11.6 Å². The minimum absolute atomic E-state index is 0.0472. The van der Waals surface area contributed by atoms with E-state index in [2.05, 4.69) is 35.3 Å². The number of aryl methyl sites for hydroxylation is 1. The standard InChI is InChI=1S/C25H32N4O4S/c1-17-3-5-21-20(9-17)22(27-14-25(13-26)15-33-16-25)11-24(28-21)29-7-8-34(30,31)23-6-4-19(32-2)10-18(23)12-29/h3-6,9-11,30-31H,7-8,12-16,26H2,1-2H3,(H,27,28). The Morgan fingerprint density at radius 2 is 2.03 bits per heavy atom. The van der Waals surface area contributed by atoms with Gasteiger partial charge in [0.15, 0.2) is 0 Å². The van der Waals surface area contributed by atoms with Crippen molar-refractivity contribution in [3.05, 3.63) is 53.6 Å². The van der Waals surface area contributed by atoms with Crippen molar-refractivity contribution < 1.29 is 18.6 Å². The van der Waals surface area contributed by atoms with Gasteiger partial charge in [-0.2, -0.15) is 10.6 Å². The molecule has 0 amide bonds. The quantitative estimate of drug-likeness (QED) is 0.414. The molecule has 0 unspecified atom stereocenters. The van der Waals surface area contributed by atoms with E-state index in [0.29, 0.717) is 43.5 Å². The predicted octanol–water partition coefficient (Wildman–Crippen LogP) is 4.07. The highest BCUT2D eigenvalue weighted by atomic mass is 32.3. The Morgan fingerprint density at radius 3 is 2.74 bits per heavy atom. The van der Waals surface area contributed by atoms with Gasteiger partial charge in [-0.05, 0) is 42.8 Å². The number of nitrogens with one attached hydrogen (secondary N) is 1. The molecule has 9 heteroatoms. The lowest BCUT2D eigenvalue weighted by atomic mass is 9.86. The van der Waals surface area contributed by atoms with E-state index in [-0.39, 0.29) is 11.2 Å². The zero-order valence-electron chi connectivity index (χ0n) is 19.6. The lowest BCUT2D eigenvalue weighted by molar-refractivity contribution is -0.0979. The van der Waals surface area contributed by atoms with E-state index < -0.39 is 10.6 Å². The van der Waals surface area contributed by atoms with Crippen LogP contribution in [0.2, 0.25) is 0 Å². The first-order valence-corrected chi connectivity index (χ1v) is 13.1. The molecule has 2 aliphatic rings. The van der Waals surface area contributed by atoms with Crippen LogP contribution in [0, 0.1) is 12.3 Å². The molecule has 5 rings (SSSR count). The number of hydrogen-bond acceptors (Lipinski definition) is 8. The van der Waals surface area contributed by atoms with Gasteiger partial charge in [0.05, 0.1) is 36.5 Å². The first-order chi connectivity index (χ1) is 16.3. The zero-order chi connectivity index (χ0) is 23.9. The van der Waals surface area contributed by atoms with Crippen LogP contribution in [0.4, 0.5) is 11.5 Å². The summed E-state index contributed by atoms with van der Waals surface area (Å²) in [7, 11) is -1.29. The van der Waals surface area contributed by atoms with Crippen molar-refractivity contribution in [3.8, 4) is 5.75 Å². The number of benzene rings is 2. The van der Waals surface area contributed by atoms with E-state index in [1.807, 2.05) is 12.1 Å². The van der Waals surface area contributed by atoms with Gasteiger partial charge in [0.25, 0.3) is 0 Å².